The van der Waals surface area contributed by atoms with Gasteiger partial charge in [-0.15, -0.1) is 0 Å². The monoisotopic (exact) mass is 380 g/mol. The van der Waals surface area contributed by atoms with Crippen LogP contribution in [0.2, 0.25) is 0 Å². The third kappa shape index (κ3) is 3.83. The summed E-state index contributed by atoms with van der Waals surface area (Å²) in [5, 5.41) is 34.3. The molecule has 28 heavy (non-hydrogen) atoms. The molecule has 0 bridgehead atoms. The van der Waals surface area contributed by atoms with E-state index in [1.165, 1.54) is 30.3 Å². The Hall–Kier alpha value is -3.74. The van der Waals surface area contributed by atoms with Gasteiger partial charge in [0.15, 0.2) is 0 Å². The molecule has 3 N–H and O–H groups in total. The number of rotatable bonds is 4. The zero-order chi connectivity index (χ0) is 20.4. The summed E-state index contributed by atoms with van der Waals surface area (Å²) in [6.45, 7) is 3.84. The van der Waals surface area contributed by atoms with Crippen molar-refractivity contribution in [1.29, 1.82) is 0 Å². The number of benzene rings is 2. The molecule has 7 nitrogen and oxygen atoms in total. The van der Waals surface area contributed by atoms with Crippen molar-refractivity contribution in [3.8, 4) is 17.2 Å². The lowest BCUT2D eigenvalue weighted by molar-refractivity contribution is -0.264. The first-order valence-electron chi connectivity index (χ1n) is 8.49. The van der Waals surface area contributed by atoms with Gasteiger partial charge in [0.05, 0.1) is 0 Å². The van der Waals surface area contributed by atoms with Crippen molar-refractivity contribution in [2.24, 2.45) is 0 Å². The van der Waals surface area contributed by atoms with E-state index in [1.807, 2.05) is 19.9 Å². The number of phenols is 2. The minimum absolute atomic E-state index is 0.0450. The van der Waals surface area contributed by atoms with E-state index in [9.17, 15) is 24.9 Å². The van der Waals surface area contributed by atoms with Gasteiger partial charge in [-0.25, -0.2) is 4.79 Å². The second-order valence-electron chi connectivity index (χ2n) is 6.56. The molecule has 0 unspecified atom stereocenters. The Kier molecular flexibility index (Phi) is 5.08. The Bertz CT molecular complexity index is 1160. The van der Waals surface area contributed by atoms with Crippen LogP contribution in [0.5, 0.6) is 17.2 Å². The number of nitrogens with one attached hydrogen (secondary N) is 1. The average Bonchev–Trinajstić information content (AvgIpc) is 2.63. The van der Waals surface area contributed by atoms with Gasteiger partial charge < -0.3 is 25.1 Å². The number of fused-ring (bicyclic) bond motifs is 1. The number of hydrogen-bond donors (Lipinski definition) is 3. The van der Waals surface area contributed by atoms with Crippen LogP contribution >= 0.6 is 0 Å². The molecular weight excluding hydrogens is 362 g/mol. The van der Waals surface area contributed by atoms with Gasteiger partial charge in [-0.05, 0) is 56.2 Å². The SMILES string of the molecule is CC(C)=CCc1cc(C(=O)Nc2c([O-])c3ccc(O)cc3oc2=O)ccc1O. The first kappa shape index (κ1) is 19.0. The summed E-state index contributed by atoms with van der Waals surface area (Å²) in [5.41, 5.74) is 0.186. The molecule has 1 heterocycles. The second-order valence-corrected chi connectivity index (χ2v) is 6.56. The summed E-state index contributed by atoms with van der Waals surface area (Å²) >= 11 is 0. The maximum atomic E-state index is 12.5. The zero-order valence-corrected chi connectivity index (χ0v) is 15.3. The van der Waals surface area contributed by atoms with Gasteiger partial charge in [0, 0.05) is 17.0 Å². The predicted molar refractivity (Wildman–Crippen MR) is 103 cm³/mol. The molecule has 0 fully saturated rings. The quantitative estimate of drug-likeness (QED) is 0.472. The molecule has 0 saturated carbocycles. The second kappa shape index (κ2) is 7.48. The van der Waals surface area contributed by atoms with E-state index in [0.717, 1.165) is 11.6 Å². The smallest absolute Gasteiger partial charge is 0.359 e. The lowest BCUT2D eigenvalue weighted by Gasteiger charge is -2.16. The standard InChI is InChI=1S/C21H19NO6/c1-11(2)3-4-12-9-13(5-8-16(12)24)20(26)22-18-19(25)15-7-6-14(23)10-17(15)28-21(18)27/h3,5-10,23-25H,4H2,1-2H3,(H,22,26)/p-1. The molecular formula is C21H18NO6-. The highest BCUT2D eigenvalue weighted by molar-refractivity contribution is 6.06. The summed E-state index contributed by atoms with van der Waals surface area (Å²) < 4.78 is 5.02. The molecule has 0 aliphatic heterocycles. The third-order valence-electron chi connectivity index (χ3n) is 4.15. The fourth-order valence-electron chi connectivity index (χ4n) is 2.66. The van der Waals surface area contributed by atoms with E-state index in [-0.39, 0.29) is 28.0 Å². The highest BCUT2D eigenvalue weighted by atomic mass is 16.4. The molecule has 0 radical (unpaired) electrons. The Labute approximate surface area is 160 Å². The summed E-state index contributed by atoms with van der Waals surface area (Å²) in [7, 11) is 0. The van der Waals surface area contributed by atoms with Crippen molar-refractivity contribution >= 4 is 22.6 Å². The summed E-state index contributed by atoms with van der Waals surface area (Å²) in [6, 6.07) is 8.01. The highest BCUT2D eigenvalue weighted by Gasteiger charge is 2.14. The molecule has 3 rings (SSSR count). The number of allylic oxidation sites excluding steroid dienone is 2. The van der Waals surface area contributed by atoms with Gasteiger partial charge in [0.25, 0.3) is 5.91 Å². The molecule has 0 spiro atoms. The summed E-state index contributed by atoms with van der Waals surface area (Å²) in [4.78, 5) is 24.7. The van der Waals surface area contributed by atoms with Gasteiger partial charge >= 0.3 is 5.63 Å². The van der Waals surface area contributed by atoms with Crippen LogP contribution in [0.25, 0.3) is 11.0 Å². The molecule has 7 heteroatoms. The Morgan fingerprint density at radius 3 is 2.64 bits per heavy atom. The lowest BCUT2D eigenvalue weighted by Crippen LogP contribution is -2.20. The molecule has 0 aliphatic carbocycles. The third-order valence-corrected chi connectivity index (χ3v) is 4.15. The Morgan fingerprint density at radius 1 is 1.18 bits per heavy atom. The van der Waals surface area contributed by atoms with Crippen LogP contribution in [-0.2, 0) is 6.42 Å². The van der Waals surface area contributed by atoms with E-state index < -0.39 is 23.0 Å². The number of aromatic hydroxyl groups is 2. The molecule has 0 saturated heterocycles. The number of phenolic OH excluding ortho intramolecular Hbond substituents is 2. The predicted octanol–water partition coefficient (Wildman–Crippen LogP) is 3.04. The fourth-order valence-corrected chi connectivity index (χ4v) is 2.66. The van der Waals surface area contributed by atoms with Crippen molar-refractivity contribution < 1.29 is 24.5 Å². The van der Waals surface area contributed by atoms with Crippen molar-refractivity contribution in [1.82, 2.24) is 0 Å². The van der Waals surface area contributed by atoms with Crippen molar-refractivity contribution in [3.63, 3.8) is 0 Å². The largest absolute Gasteiger partial charge is 0.870 e. The first-order valence-corrected chi connectivity index (χ1v) is 8.49. The normalized spacial score (nSPS) is 10.6. The van der Waals surface area contributed by atoms with Crippen LogP contribution in [0, 0.1) is 0 Å². The van der Waals surface area contributed by atoms with E-state index in [4.69, 9.17) is 4.42 Å². The molecule has 1 amide bonds. The molecule has 0 aliphatic rings. The van der Waals surface area contributed by atoms with Gasteiger partial charge in [-0.2, -0.15) is 0 Å². The lowest BCUT2D eigenvalue weighted by atomic mass is 10.0. The summed E-state index contributed by atoms with van der Waals surface area (Å²) in [6.07, 6.45) is 2.34. The van der Waals surface area contributed by atoms with Crippen molar-refractivity contribution in [2.75, 3.05) is 5.32 Å². The number of hydrogen-bond acceptors (Lipinski definition) is 6. The number of carbonyl (C=O) groups is 1. The summed E-state index contributed by atoms with van der Waals surface area (Å²) in [5.74, 6) is -1.49. The number of carbonyl (C=O) groups excluding carboxylic acids is 1. The topological polar surface area (TPSA) is 123 Å². The van der Waals surface area contributed by atoms with Crippen molar-refractivity contribution in [3.05, 3.63) is 69.6 Å². The zero-order valence-electron chi connectivity index (χ0n) is 15.3. The molecule has 1 aromatic heterocycles. The first-order chi connectivity index (χ1) is 13.3. The molecule has 0 atom stereocenters. The van der Waals surface area contributed by atoms with Crippen LogP contribution in [0.1, 0.15) is 29.8 Å². The van der Waals surface area contributed by atoms with E-state index in [2.05, 4.69) is 5.32 Å². The minimum atomic E-state index is -1.01. The van der Waals surface area contributed by atoms with Crippen LogP contribution < -0.4 is 16.0 Å². The molecule has 144 valence electrons. The van der Waals surface area contributed by atoms with Gasteiger partial charge in [-0.3, -0.25) is 4.79 Å². The molecule has 3 aromatic rings. The average molecular weight is 380 g/mol. The van der Waals surface area contributed by atoms with E-state index >= 15 is 0 Å². The number of amides is 1. The maximum absolute atomic E-state index is 12.5. The Balaban J connectivity index is 1.95. The van der Waals surface area contributed by atoms with Crippen molar-refractivity contribution in [2.45, 2.75) is 20.3 Å². The maximum Gasteiger partial charge on any atom is 0.359 e. The fraction of sp³-hybridized carbons (Fsp3) is 0.143. The van der Waals surface area contributed by atoms with Gasteiger partial charge in [-0.1, -0.05) is 17.4 Å². The number of anilines is 1. The van der Waals surface area contributed by atoms with Gasteiger partial charge in [0.1, 0.15) is 22.8 Å². The van der Waals surface area contributed by atoms with Crippen LogP contribution in [0.15, 0.2) is 57.3 Å². The minimum Gasteiger partial charge on any atom is -0.870 e. The molecule has 2 aromatic carbocycles. The van der Waals surface area contributed by atoms with E-state index in [1.54, 1.807) is 0 Å². The van der Waals surface area contributed by atoms with Gasteiger partial charge in [0.2, 0.25) is 0 Å². The van der Waals surface area contributed by atoms with Crippen LogP contribution in [-0.4, -0.2) is 16.1 Å². The highest BCUT2D eigenvalue weighted by Crippen LogP contribution is 2.30. The van der Waals surface area contributed by atoms with Crippen LogP contribution in [0.3, 0.4) is 0 Å². The Morgan fingerprint density at radius 2 is 1.93 bits per heavy atom. The van der Waals surface area contributed by atoms with E-state index in [0.29, 0.717) is 12.0 Å². The van der Waals surface area contributed by atoms with Crippen LogP contribution in [0.4, 0.5) is 5.69 Å².